The van der Waals surface area contributed by atoms with Crippen molar-refractivity contribution in [2.75, 3.05) is 5.32 Å². The largest absolute Gasteiger partial charge is 0.319 e. The number of hydrogen-bond acceptors (Lipinski definition) is 3. The van der Waals surface area contributed by atoms with Crippen molar-refractivity contribution in [1.82, 2.24) is 15.2 Å². The molecule has 0 unspecified atom stereocenters. The molecule has 1 amide bonds. The maximum absolute atomic E-state index is 11.6. The summed E-state index contributed by atoms with van der Waals surface area (Å²) in [6, 6.07) is 6.87. The van der Waals surface area contributed by atoms with Crippen molar-refractivity contribution in [1.29, 1.82) is 0 Å². The summed E-state index contributed by atoms with van der Waals surface area (Å²) in [4.78, 5) is 15.6. The minimum absolute atomic E-state index is 0.109. The average molecular weight is 237 g/mol. The number of hydrogen-bond donors (Lipinski definition) is 2. The molecule has 0 aliphatic heterocycles. The van der Waals surface area contributed by atoms with Gasteiger partial charge in [0.05, 0.1) is 0 Å². The number of H-pyrrole nitrogens is 1. The first-order valence-electron chi connectivity index (χ1n) is 4.61. The van der Waals surface area contributed by atoms with Crippen molar-refractivity contribution in [3.05, 3.63) is 40.9 Å². The molecule has 1 aromatic carbocycles. The number of nitrogens with one attached hydrogen (secondary N) is 2. The molecular weight excluding hydrogens is 228 g/mol. The fourth-order valence-corrected chi connectivity index (χ4v) is 1.39. The van der Waals surface area contributed by atoms with Gasteiger partial charge in [0.2, 0.25) is 5.82 Å². The lowest BCUT2D eigenvalue weighted by Gasteiger charge is -2.01. The van der Waals surface area contributed by atoms with E-state index in [4.69, 9.17) is 11.6 Å². The zero-order valence-corrected chi connectivity index (χ0v) is 9.25. The quantitative estimate of drug-likeness (QED) is 0.838. The Bertz CT molecular complexity index is 523. The normalized spacial score (nSPS) is 10.1. The molecular formula is C10H9ClN4O. The Labute approximate surface area is 96.8 Å². The van der Waals surface area contributed by atoms with Gasteiger partial charge in [-0.2, -0.15) is 0 Å². The third kappa shape index (κ3) is 2.38. The Morgan fingerprint density at radius 1 is 1.50 bits per heavy atom. The van der Waals surface area contributed by atoms with Gasteiger partial charge in [0.15, 0.2) is 0 Å². The van der Waals surface area contributed by atoms with Crippen LogP contribution >= 0.6 is 11.6 Å². The molecule has 0 spiro atoms. The lowest BCUT2D eigenvalue weighted by Crippen LogP contribution is -2.13. The molecule has 0 bridgehead atoms. The van der Waals surface area contributed by atoms with Crippen LogP contribution in [0.25, 0.3) is 0 Å². The van der Waals surface area contributed by atoms with Gasteiger partial charge in [-0.05, 0) is 25.1 Å². The molecule has 2 rings (SSSR count). The van der Waals surface area contributed by atoms with E-state index in [-0.39, 0.29) is 11.7 Å². The Morgan fingerprint density at radius 2 is 2.31 bits per heavy atom. The van der Waals surface area contributed by atoms with Gasteiger partial charge in [0.25, 0.3) is 5.91 Å². The first kappa shape index (κ1) is 10.6. The zero-order valence-electron chi connectivity index (χ0n) is 8.49. The van der Waals surface area contributed by atoms with Gasteiger partial charge in [-0.3, -0.25) is 9.89 Å². The summed E-state index contributed by atoms with van der Waals surface area (Å²) in [6.07, 6.45) is 0. The van der Waals surface area contributed by atoms with E-state index in [2.05, 4.69) is 20.5 Å². The standard InChI is InChI=1S/C10H9ClN4O/c1-6-12-9(15-14-6)10(16)13-8-4-2-3-7(11)5-8/h2-5H,1H3,(H,13,16)(H,12,14,15). The lowest BCUT2D eigenvalue weighted by atomic mass is 10.3. The van der Waals surface area contributed by atoms with Gasteiger partial charge >= 0.3 is 0 Å². The molecule has 0 aliphatic rings. The number of anilines is 1. The molecule has 0 atom stereocenters. The molecule has 0 saturated heterocycles. The summed E-state index contributed by atoms with van der Waals surface area (Å²) in [5.74, 6) is 0.334. The molecule has 0 fully saturated rings. The number of aromatic amines is 1. The molecule has 0 aliphatic carbocycles. The van der Waals surface area contributed by atoms with Crippen molar-refractivity contribution in [3.8, 4) is 0 Å². The highest BCUT2D eigenvalue weighted by molar-refractivity contribution is 6.30. The number of aryl methyl sites for hydroxylation is 1. The van der Waals surface area contributed by atoms with Crippen LogP contribution in [0.5, 0.6) is 0 Å². The summed E-state index contributed by atoms with van der Waals surface area (Å²) in [6.45, 7) is 1.73. The van der Waals surface area contributed by atoms with Crippen LogP contribution in [0.2, 0.25) is 5.02 Å². The van der Waals surface area contributed by atoms with Crippen LogP contribution in [0.4, 0.5) is 5.69 Å². The SMILES string of the molecule is Cc1nc(C(=O)Nc2cccc(Cl)c2)n[nH]1. The molecule has 0 saturated carbocycles. The maximum Gasteiger partial charge on any atom is 0.295 e. The molecule has 6 heteroatoms. The van der Waals surface area contributed by atoms with Crippen molar-refractivity contribution >= 4 is 23.2 Å². The fraction of sp³-hybridized carbons (Fsp3) is 0.100. The molecule has 1 heterocycles. The van der Waals surface area contributed by atoms with Gasteiger partial charge in [0, 0.05) is 10.7 Å². The van der Waals surface area contributed by atoms with Crippen LogP contribution in [-0.4, -0.2) is 21.1 Å². The minimum atomic E-state index is -0.369. The van der Waals surface area contributed by atoms with E-state index in [1.54, 1.807) is 31.2 Å². The van der Waals surface area contributed by atoms with Crippen LogP contribution in [0.15, 0.2) is 24.3 Å². The minimum Gasteiger partial charge on any atom is -0.319 e. The fourth-order valence-electron chi connectivity index (χ4n) is 1.20. The van der Waals surface area contributed by atoms with E-state index in [1.807, 2.05) is 0 Å². The highest BCUT2D eigenvalue weighted by atomic mass is 35.5. The van der Waals surface area contributed by atoms with E-state index in [1.165, 1.54) is 0 Å². The Hall–Kier alpha value is -1.88. The second-order valence-electron chi connectivity index (χ2n) is 3.21. The van der Waals surface area contributed by atoms with Crippen LogP contribution in [0.1, 0.15) is 16.4 Å². The van der Waals surface area contributed by atoms with Gasteiger partial charge in [-0.15, -0.1) is 5.10 Å². The predicted molar refractivity (Wildman–Crippen MR) is 60.5 cm³/mol. The Morgan fingerprint density at radius 3 is 2.94 bits per heavy atom. The number of aromatic nitrogens is 3. The Balaban J connectivity index is 2.13. The van der Waals surface area contributed by atoms with Crippen molar-refractivity contribution < 1.29 is 4.79 Å². The molecule has 2 N–H and O–H groups in total. The average Bonchev–Trinajstić information content (AvgIpc) is 2.65. The van der Waals surface area contributed by atoms with E-state index < -0.39 is 0 Å². The van der Waals surface area contributed by atoms with Gasteiger partial charge < -0.3 is 5.32 Å². The van der Waals surface area contributed by atoms with Gasteiger partial charge in [-0.1, -0.05) is 17.7 Å². The van der Waals surface area contributed by atoms with Crippen molar-refractivity contribution in [3.63, 3.8) is 0 Å². The van der Waals surface area contributed by atoms with Crippen molar-refractivity contribution in [2.24, 2.45) is 0 Å². The third-order valence-corrected chi connectivity index (χ3v) is 2.12. The summed E-state index contributed by atoms with van der Waals surface area (Å²) in [5, 5.41) is 9.56. The van der Waals surface area contributed by atoms with Gasteiger partial charge in [0.1, 0.15) is 5.82 Å². The molecule has 16 heavy (non-hydrogen) atoms. The monoisotopic (exact) mass is 236 g/mol. The number of carbonyl (C=O) groups excluding carboxylic acids is 1. The van der Waals surface area contributed by atoms with Crippen LogP contribution in [-0.2, 0) is 0 Å². The first-order chi connectivity index (χ1) is 7.65. The number of halogens is 1. The highest BCUT2D eigenvalue weighted by Gasteiger charge is 2.10. The topological polar surface area (TPSA) is 70.7 Å². The van der Waals surface area contributed by atoms with Crippen molar-refractivity contribution in [2.45, 2.75) is 6.92 Å². The summed E-state index contributed by atoms with van der Waals surface area (Å²) >= 11 is 5.79. The molecule has 1 aromatic heterocycles. The maximum atomic E-state index is 11.6. The molecule has 5 nitrogen and oxygen atoms in total. The molecule has 2 aromatic rings. The number of rotatable bonds is 2. The second kappa shape index (κ2) is 4.32. The summed E-state index contributed by atoms with van der Waals surface area (Å²) in [5.41, 5.74) is 0.611. The number of amides is 1. The highest BCUT2D eigenvalue weighted by Crippen LogP contribution is 2.15. The van der Waals surface area contributed by atoms with E-state index in [0.29, 0.717) is 16.5 Å². The van der Waals surface area contributed by atoms with Crippen LogP contribution in [0, 0.1) is 6.92 Å². The lowest BCUT2D eigenvalue weighted by molar-refractivity contribution is 0.101. The number of benzene rings is 1. The van der Waals surface area contributed by atoms with E-state index in [9.17, 15) is 4.79 Å². The van der Waals surface area contributed by atoms with Crippen LogP contribution in [0.3, 0.4) is 0 Å². The second-order valence-corrected chi connectivity index (χ2v) is 3.65. The summed E-state index contributed by atoms with van der Waals surface area (Å²) in [7, 11) is 0. The van der Waals surface area contributed by atoms with Gasteiger partial charge in [-0.25, -0.2) is 4.98 Å². The van der Waals surface area contributed by atoms with Crippen LogP contribution < -0.4 is 5.32 Å². The first-order valence-corrected chi connectivity index (χ1v) is 4.99. The third-order valence-electron chi connectivity index (χ3n) is 1.88. The number of carbonyl (C=O) groups is 1. The molecule has 82 valence electrons. The smallest absolute Gasteiger partial charge is 0.295 e. The number of nitrogens with zero attached hydrogens (tertiary/aromatic N) is 2. The Kier molecular flexibility index (Phi) is 2.87. The predicted octanol–water partition coefficient (Wildman–Crippen LogP) is 2.02. The van der Waals surface area contributed by atoms with E-state index >= 15 is 0 Å². The van der Waals surface area contributed by atoms with E-state index in [0.717, 1.165) is 0 Å². The summed E-state index contributed by atoms with van der Waals surface area (Å²) < 4.78 is 0. The zero-order chi connectivity index (χ0) is 11.5. The molecule has 0 radical (unpaired) electrons.